The van der Waals surface area contributed by atoms with Gasteiger partial charge in [-0.05, 0) is 24.3 Å². The Hall–Kier alpha value is -1.35. The average Bonchev–Trinajstić information content (AvgIpc) is 2.53. The van der Waals surface area contributed by atoms with Crippen molar-refractivity contribution in [1.29, 1.82) is 0 Å². The van der Waals surface area contributed by atoms with E-state index in [1.807, 2.05) is 12.1 Å². The molecule has 3 nitrogen and oxygen atoms in total. The number of halogens is 1. The summed E-state index contributed by atoms with van der Waals surface area (Å²) in [5.41, 5.74) is 0.864. The number of nitrogens with zero attached hydrogens (tertiary/aromatic N) is 2. The average molecular weight is 194 g/mol. The van der Waals surface area contributed by atoms with Crippen molar-refractivity contribution in [3.05, 3.63) is 42.1 Å². The van der Waals surface area contributed by atoms with Gasteiger partial charge in [-0.2, -0.15) is 4.98 Å². The van der Waals surface area contributed by atoms with Crippen LogP contribution in [0.2, 0.25) is 5.02 Å². The van der Waals surface area contributed by atoms with E-state index in [2.05, 4.69) is 17.1 Å². The highest BCUT2D eigenvalue weighted by Gasteiger charge is 2.04. The maximum atomic E-state index is 5.73. The molecule has 1 aromatic carbocycles. The molecule has 0 saturated heterocycles. The Kier molecular flexibility index (Phi) is 2.02. The van der Waals surface area contributed by atoms with Gasteiger partial charge < -0.3 is 4.52 Å². The molecule has 0 bridgehead atoms. The van der Waals surface area contributed by atoms with Gasteiger partial charge in [0.15, 0.2) is 0 Å². The van der Waals surface area contributed by atoms with E-state index in [-0.39, 0.29) is 0 Å². The summed E-state index contributed by atoms with van der Waals surface area (Å²) in [4.78, 5) is 3.98. The third kappa shape index (κ3) is 1.70. The first kappa shape index (κ1) is 8.26. The van der Waals surface area contributed by atoms with Gasteiger partial charge in [0, 0.05) is 17.5 Å². The van der Waals surface area contributed by atoms with Crippen LogP contribution in [0.4, 0.5) is 0 Å². The fourth-order valence-electron chi connectivity index (χ4n) is 0.971. The zero-order chi connectivity index (χ0) is 9.26. The largest absolute Gasteiger partial charge is 0.339 e. The van der Waals surface area contributed by atoms with E-state index in [9.17, 15) is 0 Å². The molecular formula is C9H6ClN2O. The monoisotopic (exact) mass is 193 g/mol. The summed E-state index contributed by atoms with van der Waals surface area (Å²) in [6, 6.07) is 7.20. The van der Waals surface area contributed by atoms with Crippen LogP contribution in [-0.4, -0.2) is 10.1 Å². The van der Waals surface area contributed by atoms with Gasteiger partial charge >= 0.3 is 0 Å². The van der Waals surface area contributed by atoms with E-state index in [0.29, 0.717) is 16.7 Å². The van der Waals surface area contributed by atoms with Crippen LogP contribution in [0.15, 0.2) is 28.8 Å². The summed E-state index contributed by atoms with van der Waals surface area (Å²) < 4.78 is 4.74. The van der Waals surface area contributed by atoms with Gasteiger partial charge in [0.1, 0.15) is 0 Å². The normalized spacial score (nSPS) is 10.3. The Morgan fingerprint density at radius 2 is 1.92 bits per heavy atom. The van der Waals surface area contributed by atoms with Gasteiger partial charge in [0.05, 0.1) is 0 Å². The van der Waals surface area contributed by atoms with Crippen molar-refractivity contribution >= 4 is 11.6 Å². The van der Waals surface area contributed by atoms with Crippen LogP contribution in [0.3, 0.4) is 0 Å². The van der Waals surface area contributed by atoms with Crippen molar-refractivity contribution in [3.63, 3.8) is 0 Å². The molecule has 65 valence electrons. The predicted molar refractivity (Wildman–Crippen MR) is 49.2 cm³/mol. The van der Waals surface area contributed by atoms with Gasteiger partial charge in [-0.25, -0.2) is 0 Å². The second-order valence-corrected chi connectivity index (χ2v) is 2.96. The summed E-state index contributed by atoms with van der Waals surface area (Å²) in [6.45, 7) is 3.52. The lowest BCUT2D eigenvalue weighted by atomic mass is 10.2. The van der Waals surface area contributed by atoms with Crippen LogP contribution in [0.1, 0.15) is 5.89 Å². The number of aromatic nitrogens is 2. The van der Waals surface area contributed by atoms with Crippen molar-refractivity contribution in [2.24, 2.45) is 0 Å². The third-order valence-electron chi connectivity index (χ3n) is 1.57. The molecule has 0 N–H and O–H groups in total. The fraction of sp³-hybridized carbons (Fsp3) is 0. The molecule has 0 unspecified atom stereocenters. The van der Waals surface area contributed by atoms with Crippen molar-refractivity contribution in [2.45, 2.75) is 0 Å². The first-order valence-corrected chi connectivity index (χ1v) is 4.05. The van der Waals surface area contributed by atoms with Crippen LogP contribution < -0.4 is 0 Å². The van der Waals surface area contributed by atoms with Gasteiger partial charge in [-0.1, -0.05) is 16.8 Å². The lowest BCUT2D eigenvalue weighted by Gasteiger charge is -1.92. The maximum Gasteiger partial charge on any atom is 0.227 e. The molecule has 1 aromatic heterocycles. The van der Waals surface area contributed by atoms with Crippen LogP contribution >= 0.6 is 11.6 Å². The highest BCUT2D eigenvalue weighted by atomic mass is 35.5. The molecule has 0 amide bonds. The summed E-state index contributed by atoms with van der Waals surface area (Å²) >= 11 is 5.73. The Labute approximate surface area is 80.3 Å². The lowest BCUT2D eigenvalue weighted by Crippen LogP contribution is -1.79. The SMILES string of the molecule is [CH2]c1nc(-c2ccc(Cl)cc2)no1. The molecule has 13 heavy (non-hydrogen) atoms. The summed E-state index contributed by atoms with van der Waals surface area (Å²) in [5.74, 6) is 0.839. The van der Waals surface area contributed by atoms with Crippen molar-refractivity contribution in [3.8, 4) is 11.4 Å². The Balaban J connectivity index is 2.41. The second-order valence-electron chi connectivity index (χ2n) is 2.52. The Bertz CT molecular complexity index is 408. The van der Waals surface area contributed by atoms with Crippen molar-refractivity contribution < 1.29 is 4.52 Å². The quantitative estimate of drug-likeness (QED) is 0.699. The standard InChI is InChI=1S/C9H6ClN2O/c1-6-11-9(12-13-6)7-2-4-8(10)5-3-7/h2-5H,1H2. The summed E-state index contributed by atoms with van der Waals surface area (Å²) in [6.07, 6.45) is 0. The molecule has 0 saturated carbocycles. The second kappa shape index (κ2) is 3.18. The molecule has 1 heterocycles. The third-order valence-corrected chi connectivity index (χ3v) is 1.82. The molecule has 0 aliphatic carbocycles. The Morgan fingerprint density at radius 1 is 1.23 bits per heavy atom. The van der Waals surface area contributed by atoms with E-state index in [4.69, 9.17) is 16.1 Å². The van der Waals surface area contributed by atoms with Gasteiger partial charge in [-0.3, -0.25) is 0 Å². The zero-order valence-corrected chi connectivity index (χ0v) is 7.45. The van der Waals surface area contributed by atoms with Crippen molar-refractivity contribution in [1.82, 2.24) is 10.1 Å². The van der Waals surface area contributed by atoms with Crippen LogP contribution in [-0.2, 0) is 0 Å². The molecule has 0 aliphatic rings. The fourth-order valence-corrected chi connectivity index (χ4v) is 1.10. The molecule has 0 aliphatic heterocycles. The number of hydrogen-bond acceptors (Lipinski definition) is 3. The van der Waals surface area contributed by atoms with Gasteiger partial charge in [-0.15, -0.1) is 0 Å². The van der Waals surface area contributed by atoms with E-state index in [0.717, 1.165) is 5.56 Å². The highest BCUT2D eigenvalue weighted by molar-refractivity contribution is 6.30. The number of benzene rings is 1. The maximum absolute atomic E-state index is 5.73. The summed E-state index contributed by atoms with van der Waals surface area (Å²) in [7, 11) is 0. The van der Waals surface area contributed by atoms with E-state index in [1.54, 1.807) is 12.1 Å². The van der Waals surface area contributed by atoms with Crippen LogP contribution in [0.25, 0.3) is 11.4 Å². The van der Waals surface area contributed by atoms with E-state index >= 15 is 0 Å². The molecule has 2 aromatic rings. The number of rotatable bonds is 1. The lowest BCUT2D eigenvalue weighted by molar-refractivity contribution is 0.405. The Morgan fingerprint density at radius 3 is 2.46 bits per heavy atom. The number of hydrogen-bond donors (Lipinski definition) is 0. The highest BCUT2D eigenvalue weighted by Crippen LogP contribution is 2.18. The summed E-state index contributed by atoms with van der Waals surface area (Å²) in [5, 5.41) is 4.41. The minimum Gasteiger partial charge on any atom is -0.339 e. The molecule has 0 spiro atoms. The van der Waals surface area contributed by atoms with Crippen LogP contribution in [0.5, 0.6) is 0 Å². The zero-order valence-electron chi connectivity index (χ0n) is 6.70. The molecule has 0 fully saturated rings. The predicted octanol–water partition coefficient (Wildman–Crippen LogP) is 2.57. The molecule has 2 rings (SSSR count). The molecule has 0 atom stereocenters. The smallest absolute Gasteiger partial charge is 0.227 e. The van der Waals surface area contributed by atoms with Gasteiger partial charge in [0.25, 0.3) is 0 Å². The van der Waals surface area contributed by atoms with Crippen molar-refractivity contribution in [2.75, 3.05) is 0 Å². The minimum atomic E-state index is 0.310. The topological polar surface area (TPSA) is 38.9 Å². The van der Waals surface area contributed by atoms with E-state index < -0.39 is 0 Å². The first-order valence-electron chi connectivity index (χ1n) is 3.67. The molecule has 4 heteroatoms. The minimum absolute atomic E-state index is 0.310. The van der Waals surface area contributed by atoms with Gasteiger partial charge in [0.2, 0.25) is 11.7 Å². The molecule has 1 radical (unpaired) electrons. The molecular weight excluding hydrogens is 188 g/mol. The van der Waals surface area contributed by atoms with E-state index in [1.165, 1.54) is 0 Å². The first-order chi connectivity index (χ1) is 6.25. The van der Waals surface area contributed by atoms with Crippen LogP contribution in [0, 0.1) is 6.92 Å².